The van der Waals surface area contributed by atoms with E-state index in [2.05, 4.69) is 0 Å². The van der Waals surface area contributed by atoms with Crippen molar-refractivity contribution in [2.45, 2.75) is 38.1 Å². The van der Waals surface area contributed by atoms with E-state index in [1.165, 1.54) is 12.1 Å². The molecule has 2 rings (SSSR count). The first-order valence-electron chi connectivity index (χ1n) is 5.22. The van der Waals surface area contributed by atoms with Crippen LogP contribution in [0.4, 0.5) is 4.39 Å². The Morgan fingerprint density at radius 2 is 2.07 bits per heavy atom. The molecule has 82 valence electrons. The maximum atomic E-state index is 13.3. The molecule has 1 aliphatic rings. The van der Waals surface area contributed by atoms with E-state index in [-0.39, 0.29) is 23.0 Å². The lowest BCUT2D eigenvalue weighted by molar-refractivity contribution is 0.439. The van der Waals surface area contributed by atoms with Crippen molar-refractivity contribution >= 4 is 0 Å². The minimum absolute atomic E-state index is 0.0513. The third-order valence-electron chi connectivity index (χ3n) is 3.46. The van der Waals surface area contributed by atoms with Crippen molar-refractivity contribution < 1.29 is 9.50 Å². The highest BCUT2D eigenvalue weighted by atomic mass is 19.1. The largest absolute Gasteiger partial charge is 0.507 e. The first kappa shape index (κ1) is 10.4. The molecule has 1 aromatic carbocycles. The van der Waals surface area contributed by atoms with Crippen molar-refractivity contribution in [1.82, 2.24) is 0 Å². The van der Waals surface area contributed by atoms with Gasteiger partial charge in [0.15, 0.2) is 0 Å². The number of aromatic hydroxyl groups is 1. The van der Waals surface area contributed by atoms with Crippen LogP contribution < -0.4 is 5.73 Å². The van der Waals surface area contributed by atoms with E-state index in [9.17, 15) is 9.50 Å². The Morgan fingerprint density at radius 3 is 2.53 bits per heavy atom. The molecule has 1 aromatic rings. The number of rotatable bonds is 2. The summed E-state index contributed by atoms with van der Waals surface area (Å²) in [6, 6.07) is 2.71. The van der Waals surface area contributed by atoms with Crippen LogP contribution in [0.3, 0.4) is 0 Å². The number of hydrogen-bond donors (Lipinski definition) is 2. The van der Waals surface area contributed by atoms with Gasteiger partial charge < -0.3 is 10.8 Å². The van der Waals surface area contributed by atoms with E-state index in [1.807, 2.05) is 6.92 Å². The number of aryl methyl sites for hydroxylation is 1. The molecule has 0 saturated heterocycles. The van der Waals surface area contributed by atoms with Crippen molar-refractivity contribution in [3.05, 3.63) is 29.1 Å². The van der Waals surface area contributed by atoms with Crippen molar-refractivity contribution in [1.29, 1.82) is 0 Å². The highest BCUT2D eigenvalue weighted by Crippen LogP contribution is 2.53. The normalized spacial score (nSPS) is 20.0. The van der Waals surface area contributed by atoms with E-state index >= 15 is 0 Å². The highest BCUT2D eigenvalue weighted by Gasteiger charge is 2.49. The highest BCUT2D eigenvalue weighted by molar-refractivity contribution is 5.48. The Balaban J connectivity index is 2.53. The van der Waals surface area contributed by atoms with Gasteiger partial charge in [-0.1, -0.05) is 0 Å². The number of hydrogen-bond acceptors (Lipinski definition) is 2. The fourth-order valence-corrected chi connectivity index (χ4v) is 2.22. The van der Waals surface area contributed by atoms with E-state index in [0.717, 1.165) is 12.8 Å². The lowest BCUT2D eigenvalue weighted by Gasteiger charge is -2.22. The summed E-state index contributed by atoms with van der Waals surface area (Å²) < 4.78 is 13.3. The molecule has 0 bridgehead atoms. The summed E-state index contributed by atoms with van der Waals surface area (Å²) in [4.78, 5) is 0. The zero-order chi connectivity index (χ0) is 11.2. The average molecular weight is 209 g/mol. The lowest BCUT2D eigenvalue weighted by Crippen LogP contribution is -2.31. The molecule has 3 heteroatoms. The minimum Gasteiger partial charge on any atom is -0.507 e. The van der Waals surface area contributed by atoms with Gasteiger partial charge in [-0.2, -0.15) is 0 Å². The van der Waals surface area contributed by atoms with Crippen LogP contribution in [0.25, 0.3) is 0 Å². The number of nitrogens with two attached hydrogens (primary N) is 1. The Labute approximate surface area is 88.9 Å². The number of halogens is 1. The van der Waals surface area contributed by atoms with E-state index in [0.29, 0.717) is 11.1 Å². The minimum atomic E-state index is -0.299. The van der Waals surface area contributed by atoms with Crippen LogP contribution in [-0.2, 0) is 5.41 Å². The van der Waals surface area contributed by atoms with Crippen molar-refractivity contribution in [2.24, 2.45) is 5.73 Å². The Bertz CT molecular complexity index is 397. The summed E-state index contributed by atoms with van der Waals surface area (Å²) in [6.45, 7) is 3.62. The van der Waals surface area contributed by atoms with Gasteiger partial charge >= 0.3 is 0 Å². The standard InChI is InChI=1S/C12H16FNO/c1-7-5-9(13)6-10(11(7)15)12(3-4-12)8(2)14/h5-6,8,15H,3-4,14H2,1-2H3. The van der Waals surface area contributed by atoms with Crippen LogP contribution in [0.1, 0.15) is 30.9 Å². The van der Waals surface area contributed by atoms with Crippen molar-refractivity contribution in [3.8, 4) is 5.75 Å². The van der Waals surface area contributed by atoms with Crippen LogP contribution in [0, 0.1) is 12.7 Å². The zero-order valence-corrected chi connectivity index (χ0v) is 9.05. The second-order valence-electron chi connectivity index (χ2n) is 4.56. The Kier molecular flexibility index (Phi) is 2.23. The number of phenols is 1. The third kappa shape index (κ3) is 1.51. The molecule has 1 fully saturated rings. The summed E-state index contributed by atoms with van der Waals surface area (Å²) in [5.41, 5.74) is 6.96. The zero-order valence-electron chi connectivity index (χ0n) is 9.05. The van der Waals surface area contributed by atoms with Crippen LogP contribution in [0.5, 0.6) is 5.75 Å². The fourth-order valence-electron chi connectivity index (χ4n) is 2.22. The maximum absolute atomic E-state index is 13.3. The SMILES string of the molecule is Cc1cc(F)cc(C2(C(C)N)CC2)c1O. The van der Waals surface area contributed by atoms with Gasteiger partial charge in [-0.3, -0.25) is 0 Å². The van der Waals surface area contributed by atoms with Gasteiger partial charge in [0.25, 0.3) is 0 Å². The topological polar surface area (TPSA) is 46.2 Å². The summed E-state index contributed by atoms with van der Waals surface area (Å²) in [5.74, 6) is -0.0987. The van der Waals surface area contributed by atoms with Gasteiger partial charge in [-0.05, 0) is 44.4 Å². The lowest BCUT2D eigenvalue weighted by atomic mass is 9.87. The summed E-state index contributed by atoms with van der Waals surface area (Å²) in [7, 11) is 0. The molecule has 0 aromatic heterocycles. The van der Waals surface area contributed by atoms with Gasteiger partial charge in [-0.15, -0.1) is 0 Å². The quantitative estimate of drug-likeness (QED) is 0.784. The molecule has 0 heterocycles. The van der Waals surface area contributed by atoms with Gasteiger partial charge in [0, 0.05) is 17.0 Å². The van der Waals surface area contributed by atoms with Crippen LogP contribution in [-0.4, -0.2) is 11.1 Å². The van der Waals surface area contributed by atoms with Gasteiger partial charge in [0.2, 0.25) is 0 Å². The third-order valence-corrected chi connectivity index (χ3v) is 3.46. The molecule has 0 aliphatic heterocycles. The molecule has 15 heavy (non-hydrogen) atoms. The monoisotopic (exact) mass is 209 g/mol. The summed E-state index contributed by atoms with van der Waals surface area (Å²) >= 11 is 0. The van der Waals surface area contributed by atoms with E-state index in [1.54, 1.807) is 6.92 Å². The average Bonchev–Trinajstić information content (AvgIpc) is 2.91. The van der Waals surface area contributed by atoms with Gasteiger partial charge in [0.05, 0.1) is 0 Å². The number of phenolic OH excluding ortho intramolecular Hbond substituents is 1. The van der Waals surface area contributed by atoms with E-state index in [4.69, 9.17) is 5.73 Å². The smallest absolute Gasteiger partial charge is 0.124 e. The second kappa shape index (κ2) is 3.20. The fraction of sp³-hybridized carbons (Fsp3) is 0.500. The van der Waals surface area contributed by atoms with Crippen LogP contribution in [0.2, 0.25) is 0 Å². The van der Waals surface area contributed by atoms with Crippen LogP contribution >= 0.6 is 0 Å². The van der Waals surface area contributed by atoms with Crippen molar-refractivity contribution in [3.63, 3.8) is 0 Å². The predicted molar refractivity (Wildman–Crippen MR) is 57.4 cm³/mol. The molecule has 1 unspecified atom stereocenters. The van der Waals surface area contributed by atoms with E-state index < -0.39 is 0 Å². The molecule has 1 atom stereocenters. The molecule has 0 radical (unpaired) electrons. The molecule has 0 spiro atoms. The summed E-state index contributed by atoms with van der Waals surface area (Å²) in [6.07, 6.45) is 1.86. The molecule has 1 aliphatic carbocycles. The Morgan fingerprint density at radius 1 is 1.47 bits per heavy atom. The van der Waals surface area contributed by atoms with Crippen molar-refractivity contribution in [2.75, 3.05) is 0 Å². The molecule has 0 amide bonds. The number of benzene rings is 1. The first-order valence-corrected chi connectivity index (χ1v) is 5.22. The molecular formula is C12H16FNO. The maximum Gasteiger partial charge on any atom is 0.124 e. The molecule has 3 N–H and O–H groups in total. The van der Waals surface area contributed by atoms with Crippen LogP contribution in [0.15, 0.2) is 12.1 Å². The van der Waals surface area contributed by atoms with Gasteiger partial charge in [-0.25, -0.2) is 4.39 Å². The first-order chi connectivity index (χ1) is 6.97. The molecule has 1 saturated carbocycles. The second-order valence-corrected chi connectivity index (χ2v) is 4.56. The Hall–Kier alpha value is -1.09. The van der Waals surface area contributed by atoms with Gasteiger partial charge in [0.1, 0.15) is 11.6 Å². The molecule has 2 nitrogen and oxygen atoms in total. The summed E-state index contributed by atoms with van der Waals surface area (Å²) in [5, 5.41) is 9.92. The molecular weight excluding hydrogens is 193 g/mol. The predicted octanol–water partition coefficient (Wildman–Crippen LogP) is 2.22.